The number of aliphatic hydroxyl groups is 1. The van der Waals surface area contributed by atoms with Crippen molar-refractivity contribution in [3.05, 3.63) is 83.9 Å². The molecule has 0 unspecified atom stereocenters. The van der Waals surface area contributed by atoms with E-state index in [1.807, 2.05) is 54.6 Å². The molecular weight excluding hydrogens is 428 g/mol. The van der Waals surface area contributed by atoms with Crippen LogP contribution in [0.4, 0.5) is 5.69 Å². The summed E-state index contributed by atoms with van der Waals surface area (Å²) in [5.74, 6) is 1.41. The molecule has 0 bridgehead atoms. The molecule has 0 heterocycles. The van der Waals surface area contributed by atoms with Crippen LogP contribution in [0.15, 0.2) is 72.8 Å². The maximum Gasteiger partial charge on any atom is 0.229 e. The second-order valence-corrected chi connectivity index (χ2v) is 9.35. The Hall–Kier alpha value is -3.07. The van der Waals surface area contributed by atoms with Gasteiger partial charge in [0.25, 0.3) is 0 Å². The molecule has 3 aromatic carbocycles. The second-order valence-electron chi connectivity index (χ2n) is 7.60. The summed E-state index contributed by atoms with van der Waals surface area (Å²) in [6, 6.07) is 22.1. The van der Waals surface area contributed by atoms with Crippen molar-refractivity contribution < 1.29 is 23.4 Å². The number of benzene rings is 3. The molecule has 0 spiro atoms. The Morgan fingerprint density at radius 1 is 0.938 bits per heavy atom. The van der Waals surface area contributed by atoms with Gasteiger partial charge in [0, 0.05) is 6.54 Å². The van der Waals surface area contributed by atoms with Gasteiger partial charge in [-0.1, -0.05) is 36.4 Å². The maximum atomic E-state index is 11.4. The molecule has 3 aromatic rings. The number of aromatic hydroxyl groups is 1. The van der Waals surface area contributed by atoms with Gasteiger partial charge in [0.05, 0.1) is 18.0 Å². The number of anilines is 1. The quantitative estimate of drug-likeness (QED) is 0.261. The molecule has 0 aromatic heterocycles. The van der Waals surface area contributed by atoms with Gasteiger partial charge < -0.3 is 20.3 Å². The van der Waals surface area contributed by atoms with Gasteiger partial charge in [0.1, 0.15) is 17.2 Å². The smallest absolute Gasteiger partial charge is 0.229 e. The van der Waals surface area contributed by atoms with Crippen molar-refractivity contribution in [2.24, 2.45) is 0 Å². The van der Waals surface area contributed by atoms with Gasteiger partial charge in [0.15, 0.2) is 0 Å². The van der Waals surface area contributed by atoms with Crippen molar-refractivity contribution in [1.82, 2.24) is 5.32 Å². The minimum absolute atomic E-state index is 0.102. The van der Waals surface area contributed by atoms with Crippen molar-refractivity contribution in [2.45, 2.75) is 18.9 Å². The summed E-state index contributed by atoms with van der Waals surface area (Å²) in [4.78, 5) is 0. The number of nitrogens with one attached hydrogen (secondary N) is 2. The summed E-state index contributed by atoms with van der Waals surface area (Å²) in [7, 11) is -3.50. The summed E-state index contributed by atoms with van der Waals surface area (Å²) in [6.07, 6.45) is 1.51. The van der Waals surface area contributed by atoms with Crippen molar-refractivity contribution >= 4 is 15.7 Å². The first-order valence-corrected chi connectivity index (χ1v) is 12.2. The van der Waals surface area contributed by atoms with Crippen LogP contribution in [0.25, 0.3) is 0 Å². The fourth-order valence-corrected chi connectivity index (χ4v) is 3.75. The molecule has 0 saturated carbocycles. The van der Waals surface area contributed by atoms with E-state index >= 15 is 0 Å². The molecule has 32 heavy (non-hydrogen) atoms. The number of aliphatic hydroxyl groups excluding tert-OH is 1. The Morgan fingerprint density at radius 3 is 2.28 bits per heavy atom. The topological polar surface area (TPSA) is 108 Å². The highest BCUT2D eigenvalue weighted by atomic mass is 32.2. The highest BCUT2D eigenvalue weighted by molar-refractivity contribution is 7.92. The molecular formula is C24H28N2O5S. The number of phenolic OH excluding ortho intramolecular Hbond substituents is 1. The largest absolute Gasteiger partial charge is 0.506 e. The van der Waals surface area contributed by atoms with Gasteiger partial charge in [-0.05, 0) is 66.9 Å². The summed E-state index contributed by atoms with van der Waals surface area (Å²) in [5, 5.41) is 23.3. The van der Waals surface area contributed by atoms with E-state index < -0.39 is 16.1 Å². The van der Waals surface area contributed by atoms with E-state index in [4.69, 9.17) is 4.74 Å². The zero-order valence-corrected chi connectivity index (χ0v) is 18.7. The fraction of sp³-hybridized carbons (Fsp3) is 0.250. The number of para-hydroxylation sites is 1. The number of hydrogen-bond acceptors (Lipinski definition) is 6. The van der Waals surface area contributed by atoms with Crippen LogP contribution in [-0.2, 0) is 22.9 Å². The average molecular weight is 457 g/mol. The molecule has 0 amide bonds. The summed E-state index contributed by atoms with van der Waals surface area (Å²) in [6.45, 7) is 1.09. The van der Waals surface area contributed by atoms with Crippen molar-refractivity contribution in [3.8, 4) is 17.2 Å². The van der Waals surface area contributed by atoms with Crippen LogP contribution in [0.1, 0.15) is 11.1 Å². The first-order valence-electron chi connectivity index (χ1n) is 10.3. The lowest BCUT2D eigenvalue weighted by atomic mass is 10.1. The van der Waals surface area contributed by atoms with E-state index in [0.29, 0.717) is 19.5 Å². The Morgan fingerprint density at radius 2 is 1.59 bits per heavy atom. The SMILES string of the molecule is CS(=O)(=O)Nc1cc(C[C@H](O)CNCCc2ccc(Oc3ccccc3)cc2)ccc1O. The highest BCUT2D eigenvalue weighted by Crippen LogP contribution is 2.25. The van der Waals surface area contributed by atoms with Gasteiger partial charge in [-0.15, -0.1) is 0 Å². The van der Waals surface area contributed by atoms with Crippen LogP contribution in [0.2, 0.25) is 0 Å². The van der Waals surface area contributed by atoms with E-state index in [1.54, 1.807) is 6.07 Å². The summed E-state index contributed by atoms with van der Waals surface area (Å²) < 4.78 is 30.8. The van der Waals surface area contributed by atoms with Crippen LogP contribution in [0, 0.1) is 0 Å². The number of sulfonamides is 1. The first kappa shape index (κ1) is 23.6. The lowest BCUT2D eigenvalue weighted by Gasteiger charge is -2.14. The number of phenols is 1. The van der Waals surface area contributed by atoms with E-state index in [1.165, 1.54) is 12.1 Å². The predicted molar refractivity (Wildman–Crippen MR) is 126 cm³/mol. The second kappa shape index (κ2) is 11.0. The van der Waals surface area contributed by atoms with Gasteiger partial charge >= 0.3 is 0 Å². The molecule has 4 N–H and O–H groups in total. The van der Waals surface area contributed by atoms with Crippen LogP contribution >= 0.6 is 0 Å². The van der Waals surface area contributed by atoms with Gasteiger partial charge in [0.2, 0.25) is 10.0 Å². The molecule has 170 valence electrons. The van der Waals surface area contributed by atoms with Crippen molar-refractivity contribution in [3.63, 3.8) is 0 Å². The molecule has 8 heteroatoms. The third kappa shape index (κ3) is 7.88. The molecule has 7 nitrogen and oxygen atoms in total. The minimum atomic E-state index is -3.50. The Bertz CT molecular complexity index is 1100. The van der Waals surface area contributed by atoms with E-state index in [-0.39, 0.29) is 11.4 Å². The molecule has 1 atom stereocenters. The van der Waals surface area contributed by atoms with Crippen molar-refractivity contribution in [2.75, 3.05) is 24.1 Å². The molecule has 3 rings (SSSR count). The van der Waals surface area contributed by atoms with Gasteiger partial charge in [-0.3, -0.25) is 4.72 Å². The maximum absolute atomic E-state index is 11.4. The lowest BCUT2D eigenvalue weighted by Crippen LogP contribution is -2.29. The molecule has 0 saturated heterocycles. The van der Waals surface area contributed by atoms with Crippen LogP contribution < -0.4 is 14.8 Å². The number of hydrogen-bond donors (Lipinski definition) is 4. The Balaban J connectivity index is 1.41. The zero-order valence-electron chi connectivity index (χ0n) is 17.9. The van der Waals surface area contributed by atoms with E-state index in [2.05, 4.69) is 10.0 Å². The molecule has 0 fully saturated rings. The third-order valence-corrected chi connectivity index (χ3v) is 5.29. The molecule has 0 radical (unpaired) electrons. The average Bonchev–Trinajstić information content (AvgIpc) is 2.74. The van der Waals surface area contributed by atoms with E-state index in [9.17, 15) is 18.6 Å². The third-order valence-electron chi connectivity index (χ3n) is 4.70. The zero-order chi connectivity index (χ0) is 23.0. The molecule has 0 aliphatic carbocycles. The number of ether oxygens (including phenoxy) is 1. The normalized spacial score (nSPS) is 12.3. The lowest BCUT2D eigenvalue weighted by molar-refractivity contribution is 0.172. The van der Waals surface area contributed by atoms with Crippen LogP contribution in [0.3, 0.4) is 0 Å². The van der Waals surface area contributed by atoms with Gasteiger partial charge in [-0.25, -0.2) is 8.42 Å². The highest BCUT2D eigenvalue weighted by Gasteiger charge is 2.11. The number of rotatable bonds is 11. The predicted octanol–water partition coefficient (Wildman–Crippen LogP) is 3.29. The van der Waals surface area contributed by atoms with Crippen LogP contribution in [0.5, 0.6) is 17.2 Å². The summed E-state index contributed by atoms with van der Waals surface area (Å²) in [5.41, 5.74) is 1.98. The van der Waals surface area contributed by atoms with Gasteiger partial charge in [-0.2, -0.15) is 0 Å². The standard InChI is InChI=1S/C24H28N2O5S/c1-32(29,30)26-23-16-19(9-12-24(23)28)15-20(27)17-25-14-13-18-7-10-22(11-8-18)31-21-5-3-2-4-6-21/h2-12,16,20,25-28H,13-15,17H2,1H3/t20-/m0/s1. The Labute approximate surface area is 188 Å². The molecule has 0 aliphatic heterocycles. The minimum Gasteiger partial charge on any atom is -0.506 e. The monoisotopic (exact) mass is 456 g/mol. The van der Waals surface area contributed by atoms with E-state index in [0.717, 1.165) is 35.3 Å². The first-order chi connectivity index (χ1) is 15.3. The fourth-order valence-electron chi connectivity index (χ4n) is 3.19. The molecule has 0 aliphatic rings. The summed E-state index contributed by atoms with van der Waals surface area (Å²) >= 11 is 0. The van der Waals surface area contributed by atoms with Crippen LogP contribution in [-0.4, -0.2) is 44.1 Å². The Kier molecular flexibility index (Phi) is 8.10. The van der Waals surface area contributed by atoms with Crippen molar-refractivity contribution in [1.29, 1.82) is 0 Å².